The highest BCUT2D eigenvalue weighted by Gasteiger charge is 2.21. The van der Waals surface area contributed by atoms with Crippen LogP contribution in [0, 0.1) is 5.82 Å². The highest BCUT2D eigenvalue weighted by molar-refractivity contribution is 8.00. The van der Waals surface area contributed by atoms with Gasteiger partial charge in [0.05, 0.1) is 21.0 Å². The Bertz CT molecular complexity index is 1940. The summed E-state index contributed by atoms with van der Waals surface area (Å²) < 4.78 is 13.3. The molecule has 5 aromatic rings. The zero-order valence-electron chi connectivity index (χ0n) is 24.8. The number of nitrogens with zero attached hydrogens (tertiary/aromatic N) is 1. The summed E-state index contributed by atoms with van der Waals surface area (Å²) in [5.74, 6) is -1.62. The van der Waals surface area contributed by atoms with Gasteiger partial charge in [-0.25, -0.2) is 9.37 Å². The normalized spacial score (nSPS) is 11.9. The van der Waals surface area contributed by atoms with E-state index in [1.807, 2.05) is 13.0 Å². The van der Waals surface area contributed by atoms with Crippen LogP contribution in [-0.2, 0) is 9.59 Å². The Hall–Kier alpha value is -4.48. The molecular formula is C35H27Cl2FN4O3S2. The number of hydrogen-bond donors (Lipinski definition) is 3. The fourth-order valence-corrected chi connectivity index (χ4v) is 6.43. The van der Waals surface area contributed by atoms with E-state index in [1.54, 1.807) is 84.2 Å². The summed E-state index contributed by atoms with van der Waals surface area (Å²) in [6.45, 7) is 1.90. The van der Waals surface area contributed by atoms with Gasteiger partial charge in [0.2, 0.25) is 5.91 Å². The predicted octanol–water partition coefficient (Wildman–Crippen LogP) is 9.18. The van der Waals surface area contributed by atoms with Crippen LogP contribution < -0.4 is 16.0 Å². The molecule has 238 valence electrons. The van der Waals surface area contributed by atoms with E-state index < -0.39 is 17.1 Å². The zero-order chi connectivity index (χ0) is 33.3. The molecule has 0 aliphatic rings. The van der Waals surface area contributed by atoms with E-state index >= 15 is 0 Å². The summed E-state index contributed by atoms with van der Waals surface area (Å²) in [6, 6.07) is 26.5. The number of carbonyl (C=O) groups excluding carboxylic acids is 3. The summed E-state index contributed by atoms with van der Waals surface area (Å²) in [5, 5.41) is 10.7. The van der Waals surface area contributed by atoms with Crippen molar-refractivity contribution in [1.29, 1.82) is 0 Å². The molecule has 0 saturated heterocycles. The van der Waals surface area contributed by atoms with Gasteiger partial charge in [0, 0.05) is 27.1 Å². The van der Waals surface area contributed by atoms with Crippen molar-refractivity contribution < 1.29 is 18.8 Å². The quantitative estimate of drug-likeness (QED) is 0.0941. The second kappa shape index (κ2) is 15.9. The minimum atomic E-state index is -0.585. The van der Waals surface area contributed by atoms with Crippen LogP contribution in [0.2, 0.25) is 10.0 Å². The van der Waals surface area contributed by atoms with E-state index in [2.05, 4.69) is 20.9 Å². The highest BCUT2D eigenvalue weighted by atomic mass is 35.5. The molecule has 0 aliphatic carbocycles. The maximum atomic E-state index is 13.5. The lowest BCUT2D eigenvalue weighted by Crippen LogP contribution is -2.30. The Labute approximate surface area is 289 Å². The molecule has 3 amide bonds. The van der Waals surface area contributed by atoms with Gasteiger partial charge in [-0.3, -0.25) is 14.4 Å². The number of anilines is 2. The predicted molar refractivity (Wildman–Crippen MR) is 189 cm³/mol. The van der Waals surface area contributed by atoms with Gasteiger partial charge in [-0.2, -0.15) is 0 Å². The van der Waals surface area contributed by atoms with Gasteiger partial charge < -0.3 is 16.0 Å². The molecular weight excluding hydrogens is 678 g/mol. The summed E-state index contributed by atoms with van der Waals surface area (Å²) >= 11 is 15.2. The van der Waals surface area contributed by atoms with Gasteiger partial charge in [-0.15, -0.1) is 23.1 Å². The van der Waals surface area contributed by atoms with E-state index in [0.29, 0.717) is 39.1 Å². The van der Waals surface area contributed by atoms with Crippen molar-refractivity contribution in [2.75, 3.05) is 10.6 Å². The second-order valence-electron chi connectivity index (χ2n) is 10.1. The van der Waals surface area contributed by atoms with E-state index in [1.165, 1.54) is 41.3 Å². The number of rotatable bonds is 11. The Kier molecular flexibility index (Phi) is 11.4. The molecule has 4 aromatic carbocycles. The third kappa shape index (κ3) is 9.08. The second-order valence-corrected chi connectivity index (χ2v) is 13.0. The molecule has 0 bridgehead atoms. The summed E-state index contributed by atoms with van der Waals surface area (Å²) in [5.41, 5.74) is 2.61. The average Bonchev–Trinajstić information content (AvgIpc) is 3.54. The molecule has 7 nitrogen and oxygen atoms in total. The lowest BCUT2D eigenvalue weighted by molar-refractivity contribution is -0.116. The average molecular weight is 706 g/mol. The summed E-state index contributed by atoms with van der Waals surface area (Å²) in [7, 11) is 0. The molecule has 3 N–H and O–H groups in total. The van der Waals surface area contributed by atoms with Crippen LogP contribution >= 0.6 is 46.3 Å². The first-order valence-corrected chi connectivity index (χ1v) is 16.8. The molecule has 0 radical (unpaired) electrons. The fourth-order valence-electron chi connectivity index (χ4n) is 4.33. The number of benzene rings is 4. The van der Waals surface area contributed by atoms with E-state index in [4.69, 9.17) is 23.2 Å². The molecule has 0 aliphatic heterocycles. The number of thiazole rings is 1. The van der Waals surface area contributed by atoms with E-state index in [0.717, 1.165) is 10.5 Å². The maximum absolute atomic E-state index is 13.5. The minimum absolute atomic E-state index is 0.0460. The molecule has 12 heteroatoms. The summed E-state index contributed by atoms with van der Waals surface area (Å²) in [6.07, 6.45) is 1.99. The lowest BCUT2D eigenvalue weighted by Gasteiger charge is -2.15. The largest absolute Gasteiger partial charge is 0.321 e. The van der Waals surface area contributed by atoms with Crippen LogP contribution in [0.1, 0.15) is 29.3 Å². The Balaban J connectivity index is 1.29. The molecule has 1 heterocycles. The number of hydrogen-bond acceptors (Lipinski definition) is 6. The van der Waals surface area contributed by atoms with Crippen molar-refractivity contribution in [2.45, 2.75) is 23.5 Å². The van der Waals surface area contributed by atoms with Crippen LogP contribution in [0.3, 0.4) is 0 Å². The van der Waals surface area contributed by atoms with E-state index in [9.17, 15) is 18.8 Å². The van der Waals surface area contributed by atoms with Crippen molar-refractivity contribution >= 4 is 80.9 Å². The standard InChI is InChI=1S/C35H27Cl2FN4O3S2/c1-2-30(34(45)42-35-41-29(20-46-35)21-14-16-24(38)17-15-21)47-26-12-7-11-25(19-26)39-33(44)28(18-23-10-6-13-27(36)31(23)37)40-32(43)22-8-4-3-5-9-22/h3-20,30H,2H2,1H3,(H,39,44)(H,40,43)(H,41,42,45)/b28-18+. The SMILES string of the molecule is CCC(Sc1cccc(NC(=O)/C(=C\c2cccc(Cl)c2Cl)NC(=O)c2ccccc2)c1)C(=O)Nc1nc(-c2ccc(F)cc2)cs1. The smallest absolute Gasteiger partial charge is 0.272 e. The first-order valence-electron chi connectivity index (χ1n) is 14.3. The monoisotopic (exact) mass is 704 g/mol. The first kappa shape index (κ1) is 33.9. The van der Waals surface area contributed by atoms with Gasteiger partial charge in [-0.05, 0) is 78.7 Å². The van der Waals surface area contributed by atoms with Crippen molar-refractivity contribution in [3.05, 3.63) is 135 Å². The molecule has 0 saturated carbocycles. The number of halogens is 3. The van der Waals surface area contributed by atoms with Gasteiger partial charge >= 0.3 is 0 Å². The third-order valence-corrected chi connectivity index (χ3v) is 9.67. The zero-order valence-corrected chi connectivity index (χ0v) is 27.9. The van der Waals surface area contributed by atoms with E-state index in [-0.39, 0.29) is 22.4 Å². The molecule has 1 atom stereocenters. The highest BCUT2D eigenvalue weighted by Crippen LogP contribution is 2.31. The van der Waals surface area contributed by atoms with Crippen LogP contribution in [-0.4, -0.2) is 28.0 Å². The Morgan fingerprint density at radius 3 is 2.43 bits per heavy atom. The molecule has 47 heavy (non-hydrogen) atoms. The van der Waals surface area contributed by atoms with Crippen molar-refractivity contribution in [1.82, 2.24) is 10.3 Å². The number of nitrogens with one attached hydrogen (secondary N) is 3. The lowest BCUT2D eigenvalue weighted by atomic mass is 10.1. The van der Waals surface area contributed by atoms with Gasteiger partial charge in [0.15, 0.2) is 5.13 Å². The number of carbonyl (C=O) groups is 3. The van der Waals surface area contributed by atoms with Crippen LogP contribution in [0.5, 0.6) is 0 Å². The number of thioether (sulfide) groups is 1. The topological polar surface area (TPSA) is 100 Å². The van der Waals surface area contributed by atoms with Crippen LogP contribution in [0.25, 0.3) is 17.3 Å². The van der Waals surface area contributed by atoms with Crippen LogP contribution in [0.15, 0.2) is 113 Å². The fraction of sp³-hybridized carbons (Fsp3) is 0.0857. The third-order valence-electron chi connectivity index (χ3n) is 6.72. The van der Waals surface area contributed by atoms with Gasteiger partial charge in [0.1, 0.15) is 11.5 Å². The molecule has 1 aromatic heterocycles. The van der Waals surface area contributed by atoms with Gasteiger partial charge in [-0.1, -0.05) is 66.5 Å². The van der Waals surface area contributed by atoms with Crippen molar-refractivity contribution in [3.63, 3.8) is 0 Å². The summed E-state index contributed by atoms with van der Waals surface area (Å²) in [4.78, 5) is 44.9. The molecule has 0 fully saturated rings. The van der Waals surface area contributed by atoms with Crippen LogP contribution in [0.4, 0.5) is 15.2 Å². The maximum Gasteiger partial charge on any atom is 0.272 e. The molecule has 5 rings (SSSR count). The Morgan fingerprint density at radius 1 is 0.936 bits per heavy atom. The molecule has 1 unspecified atom stereocenters. The van der Waals surface area contributed by atoms with Crippen molar-refractivity contribution in [3.8, 4) is 11.3 Å². The Morgan fingerprint density at radius 2 is 1.68 bits per heavy atom. The first-order chi connectivity index (χ1) is 22.7. The molecule has 0 spiro atoms. The number of aromatic nitrogens is 1. The van der Waals surface area contributed by atoms with Gasteiger partial charge in [0.25, 0.3) is 11.8 Å². The van der Waals surface area contributed by atoms with Crippen molar-refractivity contribution in [2.24, 2.45) is 0 Å². The minimum Gasteiger partial charge on any atom is -0.321 e. The number of amides is 3.